The summed E-state index contributed by atoms with van der Waals surface area (Å²) in [6, 6.07) is 12.1. The van der Waals surface area contributed by atoms with Crippen LogP contribution in [0.2, 0.25) is 5.02 Å². The lowest BCUT2D eigenvalue weighted by Gasteiger charge is -2.16. The lowest BCUT2D eigenvalue weighted by atomic mass is 10.2. The highest BCUT2D eigenvalue weighted by Gasteiger charge is 2.35. The van der Waals surface area contributed by atoms with Crippen LogP contribution in [0.15, 0.2) is 45.7 Å². The number of hydrogen-bond donors (Lipinski definition) is 0. The molecule has 0 atom stereocenters. The van der Waals surface area contributed by atoms with Gasteiger partial charge in [0.15, 0.2) is 0 Å². The fraction of sp³-hybridized carbons (Fsp3) is 0.250. The number of sulfonamides is 1. The third-order valence-electron chi connectivity index (χ3n) is 4.39. The van der Waals surface area contributed by atoms with E-state index in [9.17, 15) is 18.0 Å². The van der Waals surface area contributed by atoms with Gasteiger partial charge in [-0.25, -0.2) is 8.42 Å². The largest absolute Gasteiger partial charge is 0.460 e. The molecule has 11 heteroatoms. The maximum atomic E-state index is 12.7. The highest BCUT2D eigenvalue weighted by Crippen LogP contribution is 2.34. The fourth-order valence-electron chi connectivity index (χ4n) is 2.83. The molecule has 2 amide bonds. The average molecular weight is 480 g/mol. The first-order chi connectivity index (χ1) is 14.7. The summed E-state index contributed by atoms with van der Waals surface area (Å²) in [5.41, 5.74) is 0.659. The molecule has 1 aromatic heterocycles. The maximum Gasteiger partial charge on any atom is 0.293 e. The van der Waals surface area contributed by atoms with Gasteiger partial charge in [-0.15, -0.1) is 0 Å². The summed E-state index contributed by atoms with van der Waals surface area (Å²) in [6.07, 6.45) is 2.56. The molecule has 1 aliphatic rings. The molecule has 2 heterocycles. The van der Waals surface area contributed by atoms with Crippen LogP contribution in [0.25, 0.3) is 6.08 Å². The summed E-state index contributed by atoms with van der Waals surface area (Å²) in [7, 11) is -3.52. The van der Waals surface area contributed by atoms with Crippen molar-refractivity contribution in [1.82, 2.24) is 9.21 Å². The van der Waals surface area contributed by atoms with Gasteiger partial charge in [0.05, 0.1) is 30.3 Å². The van der Waals surface area contributed by atoms with Gasteiger partial charge in [-0.2, -0.15) is 9.57 Å². The second-order valence-corrected chi connectivity index (χ2v) is 10.1. The number of halogens is 1. The summed E-state index contributed by atoms with van der Waals surface area (Å²) >= 11 is 6.92. The minimum Gasteiger partial charge on any atom is -0.460 e. The van der Waals surface area contributed by atoms with Crippen LogP contribution in [0.3, 0.4) is 0 Å². The second-order valence-electron chi connectivity index (χ2n) is 6.67. The molecule has 2 aromatic rings. The summed E-state index contributed by atoms with van der Waals surface area (Å²) in [4.78, 5) is 26.3. The average Bonchev–Trinajstić information content (AvgIpc) is 3.25. The summed E-state index contributed by atoms with van der Waals surface area (Å²) in [5, 5.41) is 8.76. The van der Waals surface area contributed by atoms with Crippen LogP contribution in [-0.2, 0) is 27.9 Å². The van der Waals surface area contributed by atoms with Crippen LogP contribution in [0, 0.1) is 11.3 Å². The minimum atomic E-state index is -3.52. The van der Waals surface area contributed by atoms with Crippen molar-refractivity contribution < 1.29 is 22.4 Å². The summed E-state index contributed by atoms with van der Waals surface area (Å²) in [5.74, 6) is 0.205. The number of benzene rings is 1. The molecule has 8 nitrogen and oxygen atoms in total. The van der Waals surface area contributed by atoms with Gasteiger partial charge in [-0.3, -0.25) is 14.5 Å². The van der Waals surface area contributed by atoms with Crippen molar-refractivity contribution in [3.8, 4) is 6.07 Å². The van der Waals surface area contributed by atoms with E-state index in [1.807, 2.05) is 6.07 Å². The smallest absolute Gasteiger partial charge is 0.293 e. The highest BCUT2D eigenvalue weighted by molar-refractivity contribution is 8.18. The van der Waals surface area contributed by atoms with Crippen LogP contribution in [0.1, 0.15) is 23.5 Å². The van der Waals surface area contributed by atoms with E-state index in [2.05, 4.69) is 0 Å². The van der Waals surface area contributed by atoms with Gasteiger partial charge < -0.3 is 4.42 Å². The van der Waals surface area contributed by atoms with Crippen LogP contribution in [-0.4, -0.2) is 41.6 Å². The number of amides is 2. The quantitative estimate of drug-likeness (QED) is 0.528. The van der Waals surface area contributed by atoms with Crippen LogP contribution in [0.4, 0.5) is 4.79 Å². The predicted octanol–water partition coefficient (Wildman–Crippen LogP) is 3.84. The second kappa shape index (κ2) is 9.70. The van der Waals surface area contributed by atoms with E-state index >= 15 is 0 Å². The van der Waals surface area contributed by atoms with Gasteiger partial charge in [0.1, 0.15) is 11.5 Å². The summed E-state index contributed by atoms with van der Waals surface area (Å²) < 4.78 is 30.5. The lowest BCUT2D eigenvalue weighted by Crippen LogP contribution is -2.30. The van der Waals surface area contributed by atoms with Crippen LogP contribution in [0.5, 0.6) is 0 Å². The van der Waals surface area contributed by atoms with Crippen molar-refractivity contribution in [2.75, 3.05) is 12.8 Å². The van der Waals surface area contributed by atoms with E-state index in [1.54, 1.807) is 36.4 Å². The zero-order valence-corrected chi connectivity index (χ0v) is 18.8. The number of carbonyl (C=O) groups excluding carboxylic acids is 2. The Kier molecular flexibility index (Phi) is 7.23. The number of furan rings is 1. The normalized spacial score (nSPS) is 15.8. The SMILES string of the molecule is CS(=O)(=O)N(CCC#N)Cc1ccc(/C=C2\SC(=O)N(Cc3ccccc3Cl)C2=O)o1. The van der Waals surface area contributed by atoms with E-state index in [1.165, 1.54) is 6.08 Å². The molecular weight excluding hydrogens is 462 g/mol. The standard InChI is InChI=1S/C20H18ClN3O5S2/c1-31(27,28)23(10-4-9-22)13-16-8-7-15(29-16)11-18-19(25)24(20(26)30-18)12-14-5-2-3-6-17(14)21/h2-3,5-8,11H,4,10,12-13H2,1H3/b18-11-. The molecule has 162 valence electrons. The maximum absolute atomic E-state index is 12.7. The third-order valence-corrected chi connectivity index (χ3v) is 6.92. The molecule has 0 unspecified atom stereocenters. The Labute approximate surface area is 189 Å². The molecule has 0 bridgehead atoms. The third kappa shape index (κ3) is 5.77. The van der Waals surface area contributed by atoms with Gasteiger partial charge in [0.2, 0.25) is 10.0 Å². The Morgan fingerprint density at radius 2 is 2.00 bits per heavy atom. The number of hydrogen-bond acceptors (Lipinski definition) is 7. The van der Waals surface area contributed by atoms with Crippen molar-refractivity contribution in [2.45, 2.75) is 19.5 Å². The van der Waals surface area contributed by atoms with Crippen LogP contribution < -0.4 is 0 Å². The van der Waals surface area contributed by atoms with Gasteiger partial charge in [0, 0.05) is 24.1 Å². The van der Waals surface area contributed by atoms with Gasteiger partial charge >= 0.3 is 0 Å². The number of thioether (sulfide) groups is 1. The Bertz CT molecular complexity index is 1180. The molecule has 31 heavy (non-hydrogen) atoms. The van der Waals surface area contributed by atoms with E-state index < -0.39 is 21.2 Å². The van der Waals surface area contributed by atoms with E-state index in [4.69, 9.17) is 21.3 Å². The zero-order valence-electron chi connectivity index (χ0n) is 16.4. The molecule has 1 fully saturated rings. The van der Waals surface area contributed by atoms with Gasteiger partial charge in [-0.05, 0) is 35.5 Å². The molecule has 1 aliphatic heterocycles. The molecule has 0 N–H and O–H groups in total. The topological polar surface area (TPSA) is 112 Å². The van der Waals surface area contributed by atoms with Crippen molar-refractivity contribution in [3.63, 3.8) is 0 Å². The number of nitrogens with zero attached hydrogens (tertiary/aromatic N) is 3. The first-order valence-corrected chi connectivity index (χ1v) is 12.1. The van der Waals surface area contributed by atoms with E-state index in [0.29, 0.717) is 22.1 Å². The Balaban J connectivity index is 1.73. The number of rotatable bonds is 8. The molecule has 0 saturated carbocycles. The van der Waals surface area contributed by atoms with Crippen molar-refractivity contribution in [2.24, 2.45) is 0 Å². The van der Waals surface area contributed by atoms with E-state index in [0.717, 1.165) is 27.2 Å². The fourth-order valence-corrected chi connectivity index (χ4v) is 4.63. The van der Waals surface area contributed by atoms with Crippen molar-refractivity contribution in [1.29, 1.82) is 5.26 Å². The first kappa shape index (κ1) is 23.1. The number of imide groups is 1. The molecule has 1 saturated heterocycles. The molecular formula is C20H18ClN3O5S2. The molecule has 3 rings (SSSR count). The Morgan fingerprint density at radius 3 is 2.68 bits per heavy atom. The molecule has 0 aliphatic carbocycles. The van der Waals surface area contributed by atoms with Crippen molar-refractivity contribution >= 4 is 50.6 Å². The molecule has 0 radical (unpaired) electrons. The van der Waals surface area contributed by atoms with Crippen molar-refractivity contribution in [3.05, 3.63) is 63.4 Å². The number of nitriles is 1. The predicted molar refractivity (Wildman–Crippen MR) is 117 cm³/mol. The van der Waals surface area contributed by atoms with Gasteiger partial charge in [0.25, 0.3) is 11.1 Å². The Morgan fingerprint density at radius 1 is 1.26 bits per heavy atom. The summed E-state index contributed by atoms with van der Waals surface area (Å²) in [6.45, 7) is 0.0714. The minimum absolute atomic E-state index is 0.0393. The Hall–Kier alpha value is -2.58. The molecule has 0 spiro atoms. The first-order valence-electron chi connectivity index (χ1n) is 9.08. The molecule has 1 aromatic carbocycles. The van der Waals surface area contributed by atoms with Crippen LogP contribution >= 0.6 is 23.4 Å². The van der Waals surface area contributed by atoms with Gasteiger partial charge in [-0.1, -0.05) is 29.8 Å². The zero-order chi connectivity index (χ0) is 22.6. The highest BCUT2D eigenvalue weighted by atomic mass is 35.5. The lowest BCUT2D eigenvalue weighted by molar-refractivity contribution is -0.123. The monoisotopic (exact) mass is 479 g/mol. The van der Waals surface area contributed by atoms with E-state index in [-0.39, 0.29) is 31.0 Å². The number of carbonyl (C=O) groups is 2.